The molecule has 3 heterocycles. The molecule has 0 bridgehead atoms. The molecular formula is C17H25N5O. The summed E-state index contributed by atoms with van der Waals surface area (Å²) in [6.07, 6.45) is 4.45. The molecule has 1 fully saturated rings. The predicted molar refractivity (Wildman–Crippen MR) is 90.6 cm³/mol. The van der Waals surface area contributed by atoms with E-state index < -0.39 is 0 Å². The van der Waals surface area contributed by atoms with E-state index in [2.05, 4.69) is 28.2 Å². The molecule has 2 aliphatic heterocycles. The minimum atomic E-state index is 0.0747. The highest BCUT2D eigenvalue weighted by molar-refractivity contribution is 5.67. The van der Waals surface area contributed by atoms with Gasteiger partial charge in [-0.2, -0.15) is 5.26 Å². The Bertz CT molecular complexity index is 604. The Morgan fingerprint density at radius 3 is 2.70 bits per heavy atom. The van der Waals surface area contributed by atoms with Crippen molar-refractivity contribution >= 4 is 11.6 Å². The summed E-state index contributed by atoms with van der Waals surface area (Å²) in [6, 6.07) is 2.42. The molecule has 0 spiro atoms. The van der Waals surface area contributed by atoms with Crippen LogP contribution in [-0.2, 0) is 13.0 Å². The maximum atomic E-state index is 9.75. The van der Waals surface area contributed by atoms with Crippen LogP contribution >= 0.6 is 0 Å². The van der Waals surface area contributed by atoms with E-state index in [-0.39, 0.29) is 6.61 Å². The third-order valence-corrected chi connectivity index (χ3v) is 4.74. The Morgan fingerprint density at radius 2 is 2.00 bits per heavy atom. The molecule has 2 aliphatic rings. The van der Waals surface area contributed by atoms with Crippen LogP contribution in [0.5, 0.6) is 0 Å². The first-order valence-electron chi connectivity index (χ1n) is 8.48. The quantitative estimate of drug-likeness (QED) is 0.873. The summed E-state index contributed by atoms with van der Waals surface area (Å²) in [5.74, 6) is 1.66. The lowest BCUT2D eigenvalue weighted by atomic mass is 9.95. The second-order valence-corrected chi connectivity index (χ2v) is 6.41. The molecule has 0 amide bonds. The highest BCUT2D eigenvalue weighted by Crippen LogP contribution is 2.33. The fourth-order valence-electron chi connectivity index (χ4n) is 3.53. The van der Waals surface area contributed by atoms with E-state index >= 15 is 0 Å². The number of rotatable bonds is 4. The van der Waals surface area contributed by atoms with Gasteiger partial charge in [-0.05, 0) is 38.3 Å². The molecular weight excluding hydrogens is 290 g/mol. The second-order valence-electron chi connectivity index (χ2n) is 6.41. The van der Waals surface area contributed by atoms with Gasteiger partial charge in [0.25, 0.3) is 0 Å². The van der Waals surface area contributed by atoms with Crippen LogP contribution in [-0.4, -0.2) is 54.8 Å². The van der Waals surface area contributed by atoms with Gasteiger partial charge in [-0.15, -0.1) is 0 Å². The van der Waals surface area contributed by atoms with Gasteiger partial charge in [-0.3, -0.25) is 0 Å². The first-order chi connectivity index (χ1) is 11.2. The zero-order valence-corrected chi connectivity index (χ0v) is 13.8. The molecule has 0 aromatic carbocycles. The van der Waals surface area contributed by atoms with Crippen molar-refractivity contribution in [3.63, 3.8) is 0 Å². The van der Waals surface area contributed by atoms with E-state index in [0.717, 1.165) is 73.8 Å². The largest absolute Gasteiger partial charge is 0.395 e. The van der Waals surface area contributed by atoms with Crippen LogP contribution in [0.4, 0.5) is 11.6 Å². The zero-order chi connectivity index (χ0) is 16.2. The molecule has 3 rings (SSSR count). The van der Waals surface area contributed by atoms with Crippen LogP contribution in [0.3, 0.4) is 0 Å². The van der Waals surface area contributed by atoms with Crippen molar-refractivity contribution in [3.8, 4) is 6.07 Å². The van der Waals surface area contributed by atoms with Gasteiger partial charge in [-0.1, -0.05) is 0 Å². The van der Waals surface area contributed by atoms with Crippen molar-refractivity contribution in [1.29, 1.82) is 5.26 Å². The predicted octanol–water partition coefficient (Wildman–Crippen LogP) is 1.34. The van der Waals surface area contributed by atoms with E-state index in [1.165, 1.54) is 6.42 Å². The lowest BCUT2D eigenvalue weighted by Crippen LogP contribution is -2.34. The Kier molecular flexibility index (Phi) is 4.99. The Balaban J connectivity index is 2.06. The molecule has 0 radical (unpaired) electrons. The van der Waals surface area contributed by atoms with Crippen LogP contribution < -0.4 is 10.2 Å². The number of nitrogens with zero attached hydrogens (tertiary/aromatic N) is 4. The summed E-state index contributed by atoms with van der Waals surface area (Å²) >= 11 is 0. The van der Waals surface area contributed by atoms with Gasteiger partial charge >= 0.3 is 0 Å². The van der Waals surface area contributed by atoms with E-state index in [1.807, 2.05) is 0 Å². The van der Waals surface area contributed by atoms with Gasteiger partial charge in [0.1, 0.15) is 17.7 Å². The number of nitriles is 1. The monoisotopic (exact) mass is 315 g/mol. The molecule has 1 saturated heterocycles. The van der Waals surface area contributed by atoms with Crippen LogP contribution in [0, 0.1) is 11.3 Å². The third-order valence-electron chi connectivity index (χ3n) is 4.74. The van der Waals surface area contributed by atoms with E-state index in [0.29, 0.717) is 6.54 Å². The van der Waals surface area contributed by atoms with Crippen LogP contribution in [0.1, 0.15) is 36.0 Å². The Morgan fingerprint density at radius 1 is 1.22 bits per heavy atom. The number of hydrogen-bond acceptors (Lipinski definition) is 6. The number of aliphatic hydroxyl groups is 1. The zero-order valence-electron chi connectivity index (χ0n) is 13.8. The van der Waals surface area contributed by atoms with E-state index in [1.54, 1.807) is 0 Å². The van der Waals surface area contributed by atoms with Gasteiger partial charge in [0.2, 0.25) is 0 Å². The second kappa shape index (κ2) is 7.16. The topological polar surface area (TPSA) is 75.4 Å². The highest BCUT2D eigenvalue weighted by Gasteiger charge is 2.26. The first kappa shape index (κ1) is 16.0. The van der Waals surface area contributed by atoms with Crippen molar-refractivity contribution < 1.29 is 5.11 Å². The number of fused-ring (bicyclic) bond motifs is 1. The average molecular weight is 315 g/mol. The van der Waals surface area contributed by atoms with Crippen LogP contribution in [0.15, 0.2) is 0 Å². The molecule has 1 aromatic heterocycles. The summed E-state index contributed by atoms with van der Waals surface area (Å²) in [4.78, 5) is 9.31. The minimum Gasteiger partial charge on any atom is -0.395 e. The van der Waals surface area contributed by atoms with E-state index in [4.69, 9.17) is 10.1 Å². The number of nitrogens with one attached hydrogen (secondary N) is 1. The molecule has 0 unspecified atom stereocenters. The van der Waals surface area contributed by atoms with Gasteiger partial charge < -0.3 is 20.2 Å². The van der Waals surface area contributed by atoms with Gasteiger partial charge in [0.05, 0.1) is 12.2 Å². The lowest BCUT2D eigenvalue weighted by Gasteiger charge is -2.33. The number of aromatic nitrogens is 1. The molecule has 0 saturated carbocycles. The summed E-state index contributed by atoms with van der Waals surface area (Å²) < 4.78 is 0. The summed E-state index contributed by atoms with van der Waals surface area (Å²) in [7, 11) is 2.09. The fraction of sp³-hybridized carbons (Fsp3) is 0.647. The molecule has 23 heavy (non-hydrogen) atoms. The molecule has 2 N–H and O–H groups in total. The van der Waals surface area contributed by atoms with Crippen molar-refractivity contribution in [2.24, 2.45) is 0 Å². The SMILES string of the molecule is CN1CCc2c(C#N)c(N3CCCCC3)nc(NCCO)c2C1. The molecule has 1 aromatic rings. The van der Waals surface area contributed by atoms with E-state index in [9.17, 15) is 5.26 Å². The summed E-state index contributed by atoms with van der Waals surface area (Å²) in [5, 5.41) is 22.1. The number of likely N-dealkylation sites (N-methyl/N-ethyl adjacent to an activating group) is 1. The maximum Gasteiger partial charge on any atom is 0.149 e. The fourth-order valence-corrected chi connectivity index (χ4v) is 3.53. The third kappa shape index (κ3) is 3.26. The van der Waals surface area contributed by atoms with Gasteiger partial charge in [0.15, 0.2) is 0 Å². The Labute approximate surface area is 137 Å². The van der Waals surface area contributed by atoms with Crippen LogP contribution in [0.25, 0.3) is 0 Å². The highest BCUT2D eigenvalue weighted by atomic mass is 16.3. The number of pyridine rings is 1. The number of aliphatic hydroxyl groups excluding tert-OH is 1. The molecule has 6 heteroatoms. The molecule has 124 valence electrons. The molecule has 0 atom stereocenters. The Hall–Kier alpha value is -1.84. The van der Waals surface area contributed by atoms with Gasteiger partial charge in [0, 0.05) is 38.3 Å². The lowest BCUT2D eigenvalue weighted by molar-refractivity contribution is 0.308. The number of piperidine rings is 1. The molecule has 0 aliphatic carbocycles. The smallest absolute Gasteiger partial charge is 0.149 e. The number of hydrogen-bond donors (Lipinski definition) is 2. The van der Waals surface area contributed by atoms with Crippen molar-refractivity contribution in [2.75, 3.05) is 50.1 Å². The summed E-state index contributed by atoms with van der Waals surface area (Å²) in [5.41, 5.74) is 3.01. The first-order valence-corrected chi connectivity index (χ1v) is 8.48. The standard InChI is InChI=1S/C17H25N5O/c1-21-9-5-13-14(11-18)17(22-7-3-2-4-8-22)20-16(15(13)12-21)19-6-10-23/h23H,2-10,12H2,1H3,(H,19,20). The molecule has 6 nitrogen and oxygen atoms in total. The van der Waals surface area contributed by atoms with Crippen LogP contribution in [0.2, 0.25) is 0 Å². The minimum absolute atomic E-state index is 0.0747. The van der Waals surface area contributed by atoms with Gasteiger partial charge in [-0.25, -0.2) is 4.98 Å². The van der Waals surface area contributed by atoms with Crippen molar-refractivity contribution in [2.45, 2.75) is 32.2 Å². The average Bonchev–Trinajstić information content (AvgIpc) is 2.59. The maximum absolute atomic E-state index is 9.75. The summed E-state index contributed by atoms with van der Waals surface area (Å²) in [6.45, 7) is 4.26. The number of anilines is 2. The van der Waals surface area contributed by atoms with Crippen molar-refractivity contribution in [3.05, 3.63) is 16.7 Å². The normalized spacial score (nSPS) is 18.4. The van der Waals surface area contributed by atoms with Crippen molar-refractivity contribution in [1.82, 2.24) is 9.88 Å².